The van der Waals surface area contributed by atoms with Gasteiger partial charge in [-0.15, -0.1) is 0 Å². The maximum absolute atomic E-state index is 13.1. The third-order valence-corrected chi connectivity index (χ3v) is 10.1. The Bertz CT molecular complexity index is 2340. The number of pyridine rings is 1. The number of ether oxygens (including phenoxy) is 1. The lowest BCUT2D eigenvalue weighted by Gasteiger charge is -2.31. The zero-order chi connectivity index (χ0) is 38.9. The second-order valence-electron chi connectivity index (χ2n) is 14.0. The van der Waals surface area contributed by atoms with Gasteiger partial charge in [0.1, 0.15) is 11.9 Å². The molecule has 11 nitrogen and oxygen atoms in total. The van der Waals surface area contributed by atoms with E-state index in [1.54, 1.807) is 18.2 Å². The number of nitrogens with zero attached hydrogens (tertiary/aromatic N) is 1. The summed E-state index contributed by atoms with van der Waals surface area (Å²) in [5, 5.41) is 30.7. The summed E-state index contributed by atoms with van der Waals surface area (Å²) in [6.45, 7) is 3.23. The molecule has 0 saturated carbocycles. The molecule has 0 bridgehead atoms. The number of aromatic hydroxyl groups is 1. The minimum atomic E-state index is -0.889. The second-order valence-corrected chi connectivity index (χ2v) is 14.0. The average Bonchev–Trinajstić information content (AvgIpc) is 3.22. The first-order valence-electron chi connectivity index (χ1n) is 18.9. The number of aromatic nitrogens is 1. The number of carbonyl (C=O) groups excluding carboxylic acids is 2. The van der Waals surface area contributed by atoms with Crippen molar-refractivity contribution in [3.8, 4) is 16.9 Å². The number of carbonyl (C=O) groups is 2. The number of phenolic OH excluding ortho intramolecular Hbond substituents is 1. The lowest BCUT2D eigenvalue weighted by molar-refractivity contribution is 0.0593. The molecule has 1 saturated heterocycles. The normalized spacial score (nSPS) is 13.9. The van der Waals surface area contributed by atoms with E-state index in [0.717, 1.165) is 61.3 Å². The van der Waals surface area contributed by atoms with Crippen LogP contribution < -0.4 is 21.5 Å². The summed E-state index contributed by atoms with van der Waals surface area (Å²) in [5.41, 5.74) is 6.50. The van der Waals surface area contributed by atoms with Crippen molar-refractivity contribution in [2.24, 2.45) is 0 Å². The lowest BCUT2D eigenvalue weighted by Crippen LogP contribution is -2.39. The number of phenols is 1. The molecule has 1 atom stereocenters. The molecule has 2 amide bonds. The number of aliphatic hydroxyl groups excluding tert-OH is 1. The standard InChI is InChI=1S/C45H45N5O6/c51-40-19-17-37(38-18-20-42(53)49-43(38)40)41(52)29-46-28-31-7-6-10-33(27-31)44(54)47-34-15-13-30(14-16-34)21-24-50-25-22-35(23-26-50)56-45(55)48-39-12-5-4-11-36(39)32-8-2-1-3-9-32/h1-20,27,35,41,46,51-52H,21-26,28-29H2,(H,47,54)(H,48,55)(H,49,53)/t41-/m0/s1. The molecular formula is C45H45N5O6. The van der Waals surface area contributed by atoms with E-state index in [2.05, 4.69) is 25.8 Å². The van der Waals surface area contributed by atoms with Gasteiger partial charge in [0.05, 0.1) is 17.3 Å². The van der Waals surface area contributed by atoms with Crippen molar-refractivity contribution in [3.05, 3.63) is 160 Å². The Morgan fingerprint density at radius 3 is 2.39 bits per heavy atom. The van der Waals surface area contributed by atoms with Crippen LogP contribution in [0.3, 0.4) is 0 Å². The van der Waals surface area contributed by atoms with Crippen LogP contribution in [0.2, 0.25) is 0 Å². The van der Waals surface area contributed by atoms with Crippen molar-refractivity contribution in [3.63, 3.8) is 0 Å². The molecule has 1 aliphatic heterocycles. The van der Waals surface area contributed by atoms with Crippen molar-refractivity contribution in [2.45, 2.75) is 38.0 Å². The first-order chi connectivity index (χ1) is 27.3. The molecule has 7 rings (SSSR count). The summed E-state index contributed by atoms with van der Waals surface area (Å²) < 4.78 is 5.80. The van der Waals surface area contributed by atoms with Crippen LogP contribution in [-0.4, -0.2) is 64.4 Å². The van der Waals surface area contributed by atoms with Gasteiger partial charge in [-0.2, -0.15) is 0 Å². The van der Waals surface area contributed by atoms with Crippen molar-refractivity contribution < 1.29 is 24.5 Å². The zero-order valence-corrected chi connectivity index (χ0v) is 30.9. The summed E-state index contributed by atoms with van der Waals surface area (Å²) in [7, 11) is 0. The Morgan fingerprint density at radius 1 is 0.821 bits per heavy atom. The zero-order valence-electron chi connectivity index (χ0n) is 30.9. The van der Waals surface area contributed by atoms with E-state index in [4.69, 9.17) is 4.74 Å². The number of piperidine rings is 1. The average molecular weight is 752 g/mol. The number of likely N-dealkylation sites (tertiary alicyclic amines) is 1. The highest BCUT2D eigenvalue weighted by molar-refractivity contribution is 6.04. The highest BCUT2D eigenvalue weighted by atomic mass is 16.6. The fraction of sp³-hybridized carbons (Fsp3) is 0.222. The number of para-hydroxylation sites is 1. The fourth-order valence-electron chi connectivity index (χ4n) is 7.08. The summed E-state index contributed by atoms with van der Waals surface area (Å²) in [4.78, 5) is 42.6. The van der Waals surface area contributed by atoms with Gasteiger partial charge >= 0.3 is 6.09 Å². The summed E-state index contributed by atoms with van der Waals surface area (Å²) in [6.07, 6.45) is 0.968. The van der Waals surface area contributed by atoms with E-state index in [1.807, 2.05) is 97.1 Å². The molecule has 11 heteroatoms. The molecule has 286 valence electrons. The number of hydrogen-bond donors (Lipinski definition) is 6. The van der Waals surface area contributed by atoms with E-state index >= 15 is 0 Å². The molecule has 6 N–H and O–H groups in total. The van der Waals surface area contributed by atoms with Crippen LogP contribution in [0, 0.1) is 0 Å². The summed E-state index contributed by atoms with van der Waals surface area (Å²) in [5.74, 6) is -0.280. The molecule has 0 unspecified atom stereocenters. The maximum Gasteiger partial charge on any atom is 0.411 e. The molecule has 0 aliphatic carbocycles. The second kappa shape index (κ2) is 17.9. The third kappa shape index (κ3) is 9.69. The van der Waals surface area contributed by atoms with E-state index in [1.165, 1.54) is 17.7 Å². The number of aliphatic hydroxyl groups is 1. The molecule has 56 heavy (non-hydrogen) atoms. The first-order valence-corrected chi connectivity index (χ1v) is 18.9. The maximum atomic E-state index is 13.1. The highest BCUT2D eigenvalue weighted by Gasteiger charge is 2.23. The van der Waals surface area contributed by atoms with Crippen LogP contribution in [0.25, 0.3) is 22.0 Å². The molecule has 1 fully saturated rings. The first kappa shape index (κ1) is 38.0. The third-order valence-electron chi connectivity index (χ3n) is 10.1. The van der Waals surface area contributed by atoms with E-state index in [0.29, 0.717) is 28.7 Å². The Morgan fingerprint density at radius 2 is 1.59 bits per heavy atom. The number of H-pyrrole nitrogens is 1. The number of rotatable bonds is 13. The van der Waals surface area contributed by atoms with Gasteiger partial charge in [-0.3, -0.25) is 14.9 Å². The number of anilines is 2. The van der Waals surface area contributed by atoms with Gasteiger partial charge in [0, 0.05) is 61.0 Å². The van der Waals surface area contributed by atoms with Gasteiger partial charge in [-0.25, -0.2) is 4.79 Å². The molecule has 2 heterocycles. The van der Waals surface area contributed by atoms with Crippen LogP contribution in [0.1, 0.15) is 46.0 Å². The minimum Gasteiger partial charge on any atom is -0.506 e. The van der Waals surface area contributed by atoms with Crippen molar-refractivity contribution in [1.29, 1.82) is 0 Å². The molecule has 1 aliphatic rings. The van der Waals surface area contributed by atoms with Crippen molar-refractivity contribution in [2.75, 3.05) is 36.8 Å². The van der Waals surface area contributed by atoms with Crippen LogP contribution in [0.15, 0.2) is 132 Å². The number of amides is 2. The Hall–Kier alpha value is -6.27. The van der Waals surface area contributed by atoms with Gasteiger partial charge in [-0.05, 0) is 84.0 Å². The highest BCUT2D eigenvalue weighted by Crippen LogP contribution is 2.30. The number of benzene rings is 5. The number of nitrogens with one attached hydrogen (secondary N) is 4. The molecule has 6 aromatic rings. The van der Waals surface area contributed by atoms with Gasteiger partial charge in [-0.1, -0.05) is 78.9 Å². The van der Waals surface area contributed by atoms with Crippen molar-refractivity contribution >= 4 is 34.3 Å². The van der Waals surface area contributed by atoms with Crippen molar-refractivity contribution in [1.82, 2.24) is 15.2 Å². The molecule has 0 radical (unpaired) electrons. The van der Waals surface area contributed by atoms with Crippen LogP contribution in [0.5, 0.6) is 5.75 Å². The van der Waals surface area contributed by atoms with Crippen LogP contribution in [0.4, 0.5) is 16.2 Å². The molecule has 0 spiro atoms. The Kier molecular flexibility index (Phi) is 12.2. The fourth-order valence-corrected chi connectivity index (χ4v) is 7.08. The minimum absolute atomic E-state index is 0.0612. The molecule has 1 aromatic heterocycles. The SMILES string of the molecule is O=C(Nc1ccccc1-c1ccccc1)OC1CCN(CCc2ccc(NC(=O)c3cccc(CNC[C@H](O)c4ccc(O)c5[nH]c(=O)ccc45)c3)cc2)CC1. The monoisotopic (exact) mass is 751 g/mol. The molecular weight excluding hydrogens is 707 g/mol. The number of hydrogen-bond acceptors (Lipinski definition) is 8. The summed E-state index contributed by atoms with van der Waals surface area (Å²) >= 11 is 0. The largest absolute Gasteiger partial charge is 0.506 e. The van der Waals surface area contributed by atoms with Crippen LogP contribution in [-0.2, 0) is 17.7 Å². The molecule has 5 aromatic carbocycles. The summed E-state index contributed by atoms with van der Waals surface area (Å²) in [6, 6.07) is 38.9. The predicted octanol–water partition coefficient (Wildman–Crippen LogP) is 7.23. The predicted molar refractivity (Wildman–Crippen MR) is 219 cm³/mol. The topological polar surface area (TPSA) is 156 Å². The smallest absolute Gasteiger partial charge is 0.411 e. The van der Waals surface area contributed by atoms with E-state index in [-0.39, 0.29) is 35.4 Å². The van der Waals surface area contributed by atoms with Gasteiger partial charge in [0.25, 0.3) is 5.91 Å². The van der Waals surface area contributed by atoms with Gasteiger partial charge < -0.3 is 35.5 Å². The van der Waals surface area contributed by atoms with Gasteiger partial charge in [0.2, 0.25) is 5.56 Å². The number of aromatic amines is 1. The number of fused-ring (bicyclic) bond motifs is 1. The Labute approximate surface area is 325 Å². The van der Waals surface area contributed by atoms with E-state index < -0.39 is 12.2 Å². The van der Waals surface area contributed by atoms with Gasteiger partial charge in [0.15, 0.2) is 0 Å². The quantitative estimate of drug-likeness (QED) is 0.0722. The Balaban J connectivity index is 0.827. The van der Waals surface area contributed by atoms with E-state index in [9.17, 15) is 24.6 Å². The van der Waals surface area contributed by atoms with Crippen LogP contribution >= 0.6 is 0 Å². The lowest BCUT2D eigenvalue weighted by atomic mass is 10.0.